The second-order valence-electron chi connectivity index (χ2n) is 11.0. The van der Waals surface area contributed by atoms with E-state index in [-0.39, 0.29) is 24.3 Å². The number of nitrogens with zero attached hydrogens (tertiary/aromatic N) is 1. The molecule has 2 saturated heterocycles. The molecule has 9 nitrogen and oxygen atoms in total. The third-order valence-electron chi connectivity index (χ3n) is 8.96. The van der Waals surface area contributed by atoms with Gasteiger partial charge in [-0.25, -0.2) is 0 Å². The number of halogens is 1. The zero-order valence-electron chi connectivity index (χ0n) is 23.1. The molecule has 1 spiro atoms. The highest BCUT2D eigenvalue weighted by Crippen LogP contribution is 2.54. The molecule has 0 aliphatic carbocycles. The fourth-order valence-corrected chi connectivity index (χ4v) is 7.22. The molecule has 42 heavy (non-hydrogen) atoms. The number of likely N-dealkylation sites (tertiary alicyclic amines) is 1. The molecule has 3 N–H and O–H groups in total. The van der Waals surface area contributed by atoms with E-state index in [2.05, 4.69) is 15.6 Å². The van der Waals surface area contributed by atoms with Crippen molar-refractivity contribution in [3.63, 3.8) is 0 Å². The monoisotopic (exact) mass is 584 g/mol. The minimum atomic E-state index is -1.41. The summed E-state index contributed by atoms with van der Waals surface area (Å²) in [6, 6.07) is 18.2. The summed E-state index contributed by atoms with van der Waals surface area (Å²) in [4.78, 5) is 46.8. The van der Waals surface area contributed by atoms with Crippen molar-refractivity contribution in [1.29, 1.82) is 0 Å². The fraction of sp³-hybridized carbons (Fsp3) is 0.281. The summed E-state index contributed by atoms with van der Waals surface area (Å²) in [5, 5.41) is 7.93. The molecule has 0 bridgehead atoms. The molecule has 1 aromatic heterocycles. The van der Waals surface area contributed by atoms with Crippen LogP contribution in [0.2, 0.25) is 5.02 Å². The highest BCUT2D eigenvalue weighted by molar-refractivity contribution is 6.31. The Hall–Kier alpha value is -4.34. The van der Waals surface area contributed by atoms with Gasteiger partial charge in [0.1, 0.15) is 5.54 Å². The summed E-state index contributed by atoms with van der Waals surface area (Å²) in [6.07, 6.45) is 2.82. The van der Waals surface area contributed by atoms with Gasteiger partial charge in [-0.15, -0.1) is 0 Å². The van der Waals surface area contributed by atoms with Crippen LogP contribution in [0.4, 0.5) is 5.69 Å². The smallest absolute Gasteiger partial charge is 0.250 e. The number of hydrogen-bond donors (Lipinski definition) is 3. The van der Waals surface area contributed by atoms with Crippen LogP contribution in [0.5, 0.6) is 11.5 Å². The van der Waals surface area contributed by atoms with E-state index >= 15 is 0 Å². The molecule has 4 heterocycles. The van der Waals surface area contributed by atoms with Gasteiger partial charge < -0.3 is 19.8 Å². The van der Waals surface area contributed by atoms with E-state index in [1.54, 1.807) is 38.5 Å². The van der Waals surface area contributed by atoms with Crippen molar-refractivity contribution in [1.82, 2.24) is 15.2 Å². The quantitative estimate of drug-likeness (QED) is 0.283. The lowest BCUT2D eigenvalue weighted by atomic mass is 9.76. The van der Waals surface area contributed by atoms with E-state index in [1.165, 1.54) is 4.90 Å². The predicted molar refractivity (Wildman–Crippen MR) is 158 cm³/mol. The molecule has 3 aromatic carbocycles. The van der Waals surface area contributed by atoms with Crippen LogP contribution < -0.4 is 20.1 Å². The van der Waals surface area contributed by atoms with Crippen LogP contribution in [0.1, 0.15) is 16.7 Å². The summed E-state index contributed by atoms with van der Waals surface area (Å²) >= 11 is 6.40. The Bertz CT molecular complexity index is 1770. The van der Waals surface area contributed by atoms with Crippen LogP contribution in [-0.2, 0) is 32.8 Å². The predicted octanol–water partition coefficient (Wildman–Crippen LogP) is 4.04. The Kier molecular flexibility index (Phi) is 6.25. The molecule has 0 radical (unpaired) electrons. The Morgan fingerprint density at radius 1 is 0.952 bits per heavy atom. The van der Waals surface area contributed by atoms with Crippen molar-refractivity contribution < 1.29 is 23.9 Å². The molecule has 3 amide bonds. The maximum absolute atomic E-state index is 14.2. The topological polar surface area (TPSA) is 113 Å². The van der Waals surface area contributed by atoms with Gasteiger partial charge in [0.25, 0.3) is 0 Å². The number of carbonyl (C=O) groups excluding carboxylic acids is 3. The largest absolute Gasteiger partial charge is 0.493 e. The van der Waals surface area contributed by atoms with Crippen molar-refractivity contribution in [2.24, 2.45) is 11.8 Å². The highest BCUT2D eigenvalue weighted by Gasteiger charge is 2.70. The number of ether oxygens (including phenoxy) is 2. The number of aromatic nitrogens is 1. The molecule has 10 heteroatoms. The number of rotatable bonds is 7. The molecular formula is C32H29ClN4O5. The van der Waals surface area contributed by atoms with Crippen LogP contribution in [0.25, 0.3) is 10.9 Å². The van der Waals surface area contributed by atoms with Crippen LogP contribution in [-0.4, -0.2) is 54.4 Å². The summed E-state index contributed by atoms with van der Waals surface area (Å²) in [5.41, 5.74) is 2.66. The van der Waals surface area contributed by atoms with E-state index in [1.807, 2.05) is 42.6 Å². The lowest BCUT2D eigenvalue weighted by molar-refractivity contribution is -0.142. The summed E-state index contributed by atoms with van der Waals surface area (Å²) in [5.74, 6) is -1.45. The van der Waals surface area contributed by atoms with Gasteiger partial charge in [-0.3, -0.25) is 24.6 Å². The fourth-order valence-electron chi connectivity index (χ4n) is 7.04. The van der Waals surface area contributed by atoms with Crippen molar-refractivity contribution in [3.8, 4) is 11.5 Å². The number of amides is 3. The zero-order valence-corrected chi connectivity index (χ0v) is 23.8. The van der Waals surface area contributed by atoms with Gasteiger partial charge in [0.2, 0.25) is 17.7 Å². The molecule has 4 aromatic rings. The lowest BCUT2D eigenvalue weighted by Crippen LogP contribution is -2.53. The zero-order chi connectivity index (χ0) is 29.2. The Morgan fingerprint density at radius 2 is 1.76 bits per heavy atom. The molecule has 4 atom stereocenters. The minimum absolute atomic E-state index is 0.181. The number of benzene rings is 3. The first kappa shape index (κ1) is 26.6. The number of aromatic amines is 1. The van der Waals surface area contributed by atoms with Crippen molar-refractivity contribution in [3.05, 3.63) is 88.6 Å². The van der Waals surface area contributed by atoms with Crippen molar-refractivity contribution >= 4 is 45.9 Å². The number of fused-ring (bicyclic) bond motifs is 5. The number of imide groups is 1. The van der Waals surface area contributed by atoms with E-state index in [9.17, 15) is 14.4 Å². The van der Waals surface area contributed by atoms with Crippen LogP contribution in [0.15, 0.2) is 66.9 Å². The van der Waals surface area contributed by atoms with Crippen molar-refractivity contribution in [2.75, 3.05) is 26.1 Å². The average Bonchev–Trinajstić information content (AvgIpc) is 3.71. The van der Waals surface area contributed by atoms with Gasteiger partial charge in [-0.1, -0.05) is 35.9 Å². The number of para-hydroxylation sites is 1. The molecule has 0 unspecified atom stereocenters. The molecule has 2 fully saturated rings. The number of methoxy groups -OCH3 is 2. The number of nitrogens with one attached hydrogen (secondary N) is 3. The van der Waals surface area contributed by atoms with E-state index < -0.39 is 23.4 Å². The minimum Gasteiger partial charge on any atom is -0.493 e. The summed E-state index contributed by atoms with van der Waals surface area (Å²) in [6.45, 7) is 0.181. The molecular weight excluding hydrogens is 556 g/mol. The standard InChI is InChI=1S/C32H29ClN4O5/c1-41-25-10-7-17(13-26(25)42-2)11-12-37-29(38)27-24(14-18-16-34-22-6-4-3-5-20(18)22)36-32(28(27)30(37)39)21-15-19(33)8-9-23(21)35-31(32)40/h3-10,13,15-16,24,27-28,34,36H,11-12,14H2,1-2H3,(H,35,40)/t24-,27+,28+,32-/m1/s1. The second kappa shape index (κ2) is 9.89. The molecule has 0 saturated carbocycles. The normalized spacial score (nSPS) is 24.4. The van der Waals surface area contributed by atoms with Gasteiger partial charge in [-0.05, 0) is 60.4 Å². The third-order valence-corrected chi connectivity index (χ3v) is 9.19. The second-order valence-corrected chi connectivity index (χ2v) is 11.5. The SMILES string of the molecule is COc1ccc(CCN2C(=O)[C@@H]3[C@@H](C2=O)[C@@]2(N[C@@H]3Cc3c[nH]c4ccccc34)C(=O)Nc3ccc(Cl)cc32)cc1OC. The lowest BCUT2D eigenvalue weighted by Gasteiger charge is -2.29. The van der Waals surface area contributed by atoms with Crippen molar-refractivity contribution in [2.45, 2.75) is 24.4 Å². The number of anilines is 1. The highest BCUT2D eigenvalue weighted by atomic mass is 35.5. The Morgan fingerprint density at radius 3 is 2.57 bits per heavy atom. The van der Waals surface area contributed by atoms with Crippen LogP contribution in [0, 0.1) is 11.8 Å². The van der Waals surface area contributed by atoms with E-state index in [4.69, 9.17) is 21.1 Å². The Labute approximate surface area is 247 Å². The van der Waals surface area contributed by atoms with Gasteiger partial charge in [-0.2, -0.15) is 0 Å². The van der Waals surface area contributed by atoms with Gasteiger partial charge in [0.05, 0.1) is 26.1 Å². The maximum atomic E-state index is 14.2. The van der Waals surface area contributed by atoms with Gasteiger partial charge in [0.15, 0.2) is 11.5 Å². The maximum Gasteiger partial charge on any atom is 0.250 e. The van der Waals surface area contributed by atoms with E-state index in [0.717, 1.165) is 22.0 Å². The van der Waals surface area contributed by atoms with Crippen LogP contribution >= 0.6 is 11.6 Å². The number of H-pyrrole nitrogens is 1. The van der Waals surface area contributed by atoms with E-state index in [0.29, 0.717) is 40.6 Å². The summed E-state index contributed by atoms with van der Waals surface area (Å²) < 4.78 is 10.8. The average molecular weight is 585 g/mol. The Balaban J connectivity index is 1.26. The van der Waals surface area contributed by atoms with Gasteiger partial charge >= 0.3 is 0 Å². The first-order chi connectivity index (χ1) is 20.3. The molecule has 7 rings (SSSR count). The first-order valence-electron chi connectivity index (χ1n) is 13.9. The molecule has 214 valence electrons. The van der Waals surface area contributed by atoms with Crippen LogP contribution in [0.3, 0.4) is 0 Å². The first-order valence-corrected chi connectivity index (χ1v) is 14.2. The summed E-state index contributed by atoms with van der Waals surface area (Å²) in [7, 11) is 3.13. The van der Waals surface area contributed by atoms with Gasteiger partial charge in [0, 0.05) is 46.0 Å². The molecule has 3 aliphatic rings. The number of hydrogen-bond acceptors (Lipinski definition) is 6. The number of carbonyl (C=O) groups is 3. The third kappa shape index (κ3) is 3.84. The molecule has 3 aliphatic heterocycles.